The molecule has 0 aliphatic carbocycles. The van der Waals surface area contributed by atoms with Crippen LogP contribution in [0.25, 0.3) is 22.4 Å². The quantitative estimate of drug-likeness (QED) is 0.489. The second kappa shape index (κ2) is 9.60. The fourth-order valence-corrected chi connectivity index (χ4v) is 3.65. The molecule has 0 aliphatic rings. The van der Waals surface area contributed by atoms with Crippen LogP contribution >= 0.6 is 0 Å². The van der Waals surface area contributed by atoms with Crippen LogP contribution in [0.15, 0.2) is 41.3 Å². The van der Waals surface area contributed by atoms with Crippen molar-refractivity contribution in [2.45, 2.75) is 52.7 Å². The SMILES string of the molecule is CC[C@H](C)[C@@H](C(=O)OC(C)(C)C)n1c(=O)c(-c2ccc(OC)c(OC)c2)nc2cccnc21. The van der Waals surface area contributed by atoms with Gasteiger partial charge in [0.2, 0.25) is 0 Å². The van der Waals surface area contributed by atoms with Gasteiger partial charge in [0.25, 0.3) is 5.56 Å². The summed E-state index contributed by atoms with van der Waals surface area (Å²) in [7, 11) is 3.07. The molecule has 0 unspecified atom stereocenters. The third kappa shape index (κ3) is 4.99. The highest BCUT2D eigenvalue weighted by molar-refractivity contribution is 5.80. The Labute approximate surface area is 193 Å². The lowest BCUT2D eigenvalue weighted by molar-refractivity contribution is -0.160. The first-order valence-corrected chi connectivity index (χ1v) is 10.9. The summed E-state index contributed by atoms with van der Waals surface area (Å²) in [4.78, 5) is 36.2. The summed E-state index contributed by atoms with van der Waals surface area (Å²) < 4.78 is 17.9. The average molecular weight is 454 g/mol. The predicted octanol–water partition coefficient (Wildman–Crippen LogP) is 4.40. The summed E-state index contributed by atoms with van der Waals surface area (Å²) in [6, 6.07) is 7.80. The van der Waals surface area contributed by atoms with Crippen molar-refractivity contribution in [2.24, 2.45) is 5.92 Å². The Morgan fingerprint density at radius 2 is 1.82 bits per heavy atom. The van der Waals surface area contributed by atoms with E-state index in [0.29, 0.717) is 34.6 Å². The molecule has 0 saturated heterocycles. The minimum absolute atomic E-state index is 0.177. The Hall–Kier alpha value is -3.42. The van der Waals surface area contributed by atoms with Crippen LogP contribution in [0.1, 0.15) is 47.1 Å². The zero-order valence-corrected chi connectivity index (χ0v) is 20.2. The number of carbonyl (C=O) groups excluding carboxylic acids is 1. The molecule has 33 heavy (non-hydrogen) atoms. The molecule has 3 rings (SSSR count). The number of methoxy groups -OCH3 is 2. The monoisotopic (exact) mass is 453 g/mol. The molecule has 0 spiro atoms. The van der Waals surface area contributed by atoms with Gasteiger partial charge in [-0.2, -0.15) is 0 Å². The largest absolute Gasteiger partial charge is 0.493 e. The summed E-state index contributed by atoms with van der Waals surface area (Å²) in [5.41, 5.74) is 0.443. The number of hydrogen-bond acceptors (Lipinski definition) is 7. The average Bonchev–Trinajstić information content (AvgIpc) is 2.78. The highest BCUT2D eigenvalue weighted by Crippen LogP contribution is 2.32. The minimum Gasteiger partial charge on any atom is -0.493 e. The number of pyridine rings is 1. The van der Waals surface area contributed by atoms with Crippen LogP contribution < -0.4 is 15.0 Å². The first-order chi connectivity index (χ1) is 15.6. The van der Waals surface area contributed by atoms with Gasteiger partial charge in [-0.05, 0) is 57.0 Å². The molecule has 0 N–H and O–H groups in total. The number of esters is 1. The van der Waals surface area contributed by atoms with Crippen molar-refractivity contribution >= 4 is 17.1 Å². The molecule has 8 nitrogen and oxygen atoms in total. The van der Waals surface area contributed by atoms with Crippen molar-refractivity contribution in [3.63, 3.8) is 0 Å². The van der Waals surface area contributed by atoms with Crippen molar-refractivity contribution in [1.82, 2.24) is 14.5 Å². The van der Waals surface area contributed by atoms with Crippen LogP contribution in [0, 0.1) is 5.92 Å². The molecule has 0 bridgehead atoms. The molecular formula is C25H31N3O5. The lowest BCUT2D eigenvalue weighted by Crippen LogP contribution is -2.39. The van der Waals surface area contributed by atoms with Crippen molar-refractivity contribution in [3.8, 4) is 22.8 Å². The molecule has 0 radical (unpaired) electrons. The van der Waals surface area contributed by atoms with E-state index in [4.69, 9.17) is 14.2 Å². The van der Waals surface area contributed by atoms with Crippen LogP contribution in [0.3, 0.4) is 0 Å². The first-order valence-electron chi connectivity index (χ1n) is 10.9. The number of nitrogens with zero attached hydrogens (tertiary/aromatic N) is 3. The zero-order chi connectivity index (χ0) is 24.3. The Kier molecular flexibility index (Phi) is 7.05. The van der Waals surface area contributed by atoms with E-state index >= 15 is 0 Å². The summed E-state index contributed by atoms with van der Waals surface area (Å²) in [5.74, 6) is 0.355. The van der Waals surface area contributed by atoms with Gasteiger partial charge in [0, 0.05) is 11.8 Å². The maximum Gasteiger partial charge on any atom is 0.330 e. The van der Waals surface area contributed by atoms with E-state index in [1.807, 2.05) is 13.8 Å². The fourth-order valence-electron chi connectivity index (χ4n) is 3.65. The van der Waals surface area contributed by atoms with Crippen LogP contribution in [-0.2, 0) is 9.53 Å². The van der Waals surface area contributed by atoms with Gasteiger partial charge in [-0.25, -0.2) is 14.8 Å². The van der Waals surface area contributed by atoms with E-state index in [-0.39, 0.29) is 11.6 Å². The molecule has 2 aromatic heterocycles. The van der Waals surface area contributed by atoms with E-state index in [1.54, 1.807) is 64.4 Å². The molecule has 3 aromatic rings. The smallest absolute Gasteiger partial charge is 0.330 e. The molecule has 2 heterocycles. The summed E-state index contributed by atoms with van der Waals surface area (Å²) in [6.07, 6.45) is 2.25. The first kappa shape index (κ1) is 24.2. The highest BCUT2D eigenvalue weighted by Gasteiger charge is 2.34. The topological polar surface area (TPSA) is 92.5 Å². The van der Waals surface area contributed by atoms with Gasteiger partial charge in [0.1, 0.15) is 22.9 Å². The Morgan fingerprint density at radius 3 is 2.42 bits per heavy atom. The third-order valence-corrected chi connectivity index (χ3v) is 5.41. The molecule has 176 valence electrons. The van der Waals surface area contributed by atoms with E-state index in [9.17, 15) is 9.59 Å². The van der Waals surface area contributed by atoms with E-state index < -0.39 is 23.2 Å². The van der Waals surface area contributed by atoms with Crippen molar-refractivity contribution in [3.05, 3.63) is 46.9 Å². The Morgan fingerprint density at radius 1 is 1.12 bits per heavy atom. The summed E-state index contributed by atoms with van der Waals surface area (Å²) in [6.45, 7) is 9.31. The third-order valence-electron chi connectivity index (χ3n) is 5.41. The standard InChI is InChI=1S/C25H31N3O5/c1-8-15(2)21(24(30)33-25(3,4)5)28-22-17(10-9-13-26-22)27-20(23(28)29)16-11-12-18(31-6)19(14-16)32-7/h9-15,21H,8H2,1-7H3/t15-,21-/m0/s1. The Balaban J connectivity index is 2.32. The van der Waals surface area contributed by atoms with E-state index in [0.717, 1.165) is 0 Å². The van der Waals surface area contributed by atoms with Crippen LogP contribution in [0.5, 0.6) is 11.5 Å². The van der Waals surface area contributed by atoms with Gasteiger partial charge >= 0.3 is 5.97 Å². The molecule has 1 aromatic carbocycles. The van der Waals surface area contributed by atoms with Crippen molar-refractivity contribution in [2.75, 3.05) is 14.2 Å². The zero-order valence-electron chi connectivity index (χ0n) is 20.2. The molecule has 0 amide bonds. The van der Waals surface area contributed by atoms with Crippen molar-refractivity contribution in [1.29, 1.82) is 0 Å². The number of rotatable bonds is 7. The maximum absolute atomic E-state index is 13.8. The van der Waals surface area contributed by atoms with Crippen LogP contribution in [-0.4, -0.2) is 40.3 Å². The van der Waals surface area contributed by atoms with Gasteiger partial charge in [-0.1, -0.05) is 20.3 Å². The van der Waals surface area contributed by atoms with Gasteiger partial charge in [-0.3, -0.25) is 9.36 Å². The number of aromatic nitrogens is 3. The van der Waals surface area contributed by atoms with E-state index in [2.05, 4.69) is 9.97 Å². The molecule has 0 fully saturated rings. The molecular weight excluding hydrogens is 422 g/mol. The number of carbonyl (C=O) groups is 1. The highest BCUT2D eigenvalue weighted by atomic mass is 16.6. The van der Waals surface area contributed by atoms with Gasteiger partial charge < -0.3 is 14.2 Å². The second-order valence-electron chi connectivity index (χ2n) is 8.92. The minimum atomic E-state index is -0.860. The van der Waals surface area contributed by atoms with Gasteiger partial charge in [0.15, 0.2) is 17.1 Å². The fraction of sp³-hybridized carbons (Fsp3) is 0.440. The Bertz CT molecular complexity index is 1210. The normalized spacial score (nSPS) is 13.4. The predicted molar refractivity (Wildman–Crippen MR) is 127 cm³/mol. The van der Waals surface area contributed by atoms with Crippen molar-refractivity contribution < 1.29 is 19.0 Å². The lowest BCUT2D eigenvalue weighted by atomic mass is 9.98. The molecule has 0 saturated carbocycles. The maximum atomic E-state index is 13.8. The number of benzene rings is 1. The molecule has 2 atom stereocenters. The van der Waals surface area contributed by atoms with E-state index in [1.165, 1.54) is 11.7 Å². The molecule has 8 heteroatoms. The lowest BCUT2D eigenvalue weighted by Gasteiger charge is -2.29. The molecule has 0 aliphatic heterocycles. The number of fused-ring (bicyclic) bond motifs is 1. The van der Waals surface area contributed by atoms with Crippen LogP contribution in [0.4, 0.5) is 0 Å². The van der Waals surface area contributed by atoms with Crippen LogP contribution in [0.2, 0.25) is 0 Å². The number of hydrogen-bond donors (Lipinski definition) is 0. The van der Waals surface area contributed by atoms with Gasteiger partial charge in [-0.15, -0.1) is 0 Å². The second-order valence-corrected chi connectivity index (χ2v) is 8.92. The summed E-state index contributed by atoms with van der Waals surface area (Å²) >= 11 is 0. The number of ether oxygens (including phenoxy) is 3. The van der Waals surface area contributed by atoms with Gasteiger partial charge in [0.05, 0.1) is 14.2 Å². The summed E-state index contributed by atoms with van der Waals surface area (Å²) in [5, 5.41) is 0.